The molecule has 21 heavy (non-hydrogen) atoms. The zero-order chi connectivity index (χ0) is 15.1. The number of amides is 1. The summed E-state index contributed by atoms with van der Waals surface area (Å²) in [5.74, 6) is 0.882. The molecule has 0 aromatic heterocycles. The van der Waals surface area contributed by atoms with Crippen LogP contribution in [0.15, 0.2) is 0 Å². The number of unbranched alkanes of at least 4 members (excludes halogenated alkanes) is 1. The standard InChI is InChI=1S/C16H31N3O2/c1-2-3-4-15(17)16(20)19-7-5-14(6-8-19)13-18-9-11-21-12-10-18/h14-15H,2-13,17H2,1H3/t15-/m0/s1. The number of rotatable bonds is 6. The lowest BCUT2D eigenvalue weighted by atomic mass is 9.95. The number of hydrogen-bond donors (Lipinski definition) is 1. The Labute approximate surface area is 128 Å². The van der Waals surface area contributed by atoms with Crippen molar-refractivity contribution in [1.82, 2.24) is 9.80 Å². The zero-order valence-corrected chi connectivity index (χ0v) is 13.4. The maximum Gasteiger partial charge on any atom is 0.239 e. The second-order valence-corrected chi connectivity index (χ2v) is 6.43. The molecule has 1 atom stereocenters. The predicted octanol–water partition coefficient (Wildman–Crippen LogP) is 1.07. The zero-order valence-electron chi connectivity index (χ0n) is 13.4. The van der Waals surface area contributed by atoms with Crippen LogP contribution >= 0.6 is 0 Å². The minimum absolute atomic E-state index is 0.160. The van der Waals surface area contributed by atoms with Crippen LogP contribution in [0, 0.1) is 5.92 Å². The molecular weight excluding hydrogens is 266 g/mol. The molecule has 122 valence electrons. The molecule has 2 aliphatic rings. The van der Waals surface area contributed by atoms with Crippen LogP contribution in [-0.2, 0) is 9.53 Å². The first-order valence-electron chi connectivity index (χ1n) is 8.55. The first-order chi connectivity index (χ1) is 10.2. The number of carbonyl (C=O) groups is 1. The first-order valence-corrected chi connectivity index (χ1v) is 8.55. The van der Waals surface area contributed by atoms with E-state index in [9.17, 15) is 4.79 Å². The molecule has 2 heterocycles. The molecule has 0 aromatic rings. The van der Waals surface area contributed by atoms with E-state index in [1.165, 1.54) is 0 Å². The number of likely N-dealkylation sites (tertiary alicyclic amines) is 1. The largest absolute Gasteiger partial charge is 0.379 e. The van der Waals surface area contributed by atoms with Gasteiger partial charge in [-0.05, 0) is 25.2 Å². The van der Waals surface area contributed by atoms with Crippen molar-refractivity contribution in [1.29, 1.82) is 0 Å². The molecule has 2 fully saturated rings. The summed E-state index contributed by atoms with van der Waals surface area (Å²) in [5, 5.41) is 0. The molecular formula is C16H31N3O2. The van der Waals surface area contributed by atoms with Gasteiger partial charge in [0.2, 0.25) is 5.91 Å². The van der Waals surface area contributed by atoms with Crippen LogP contribution in [0.3, 0.4) is 0 Å². The predicted molar refractivity (Wildman–Crippen MR) is 84.1 cm³/mol. The Morgan fingerprint density at radius 3 is 2.52 bits per heavy atom. The Morgan fingerprint density at radius 2 is 1.90 bits per heavy atom. The molecule has 0 saturated carbocycles. The van der Waals surface area contributed by atoms with Gasteiger partial charge in [0.05, 0.1) is 19.3 Å². The molecule has 5 nitrogen and oxygen atoms in total. The van der Waals surface area contributed by atoms with Gasteiger partial charge in [-0.25, -0.2) is 0 Å². The molecule has 2 saturated heterocycles. The molecule has 1 amide bonds. The fourth-order valence-corrected chi connectivity index (χ4v) is 3.27. The highest BCUT2D eigenvalue weighted by Gasteiger charge is 2.27. The average molecular weight is 297 g/mol. The van der Waals surface area contributed by atoms with E-state index in [0.717, 1.165) is 84.0 Å². The smallest absolute Gasteiger partial charge is 0.239 e. The van der Waals surface area contributed by atoms with Crippen LogP contribution in [0.4, 0.5) is 0 Å². The lowest BCUT2D eigenvalue weighted by Gasteiger charge is -2.36. The van der Waals surface area contributed by atoms with Gasteiger partial charge in [-0.1, -0.05) is 19.8 Å². The third-order valence-electron chi connectivity index (χ3n) is 4.73. The van der Waals surface area contributed by atoms with E-state index in [1.54, 1.807) is 0 Å². The Hall–Kier alpha value is -0.650. The Balaban J connectivity index is 1.68. The van der Waals surface area contributed by atoms with Gasteiger partial charge in [0.1, 0.15) is 0 Å². The lowest BCUT2D eigenvalue weighted by molar-refractivity contribution is -0.134. The van der Waals surface area contributed by atoms with Crippen LogP contribution in [0.25, 0.3) is 0 Å². The molecule has 0 spiro atoms. The second-order valence-electron chi connectivity index (χ2n) is 6.43. The highest BCUT2D eigenvalue weighted by Crippen LogP contribution is 2.20. The maximum absolute atomic E-state index is 12.3. The summed E-state index contributed by atoms with van der Waals surface area (Å²) in [4.78, 5) is 16.8. The summed E-state index contributed by atoms with van der Waals surface area (Å²) in [6, 6.07) is -0.291. The van der Waals surface area contributed by atoms with Crippen LogP contribution < -0.4 is 5.73 Å². The molecule has 2 N–H and O–H groups in total. The van der Waals surface area contributed by atoms with Crippen molar-refractivity contribution in [2.45, 2.75) is 45.1 Å². The molecule has 0 unspecified atom stereocenters. The molecule has 5 heteroatoms. The van der Waals surface area contributed by atoms with Gasteiger partial charge in [0.25, 0.3) is 0 Å². The van der Waals surface area contributed by atoms with E-state index in [4.69, 9.17) is 10.5 Å². The Kier molecular flexibility index (Phi) is 6.93. The van der Waals surface area contributed by atoms with Crippen LogP contribution in [-0.4, -0.2) is 67.7 Å². The minimum atomic E-state index is -0.291. The molecule has 2 rings (SSSR count). The number of piperidine rings is 1. The molecule has 0 aromatic carbocycles. The minimum Gasteiger partial charge on any atom is -0.379 e. The van der Waals surface area contributed by atoms with Gasteiger partial charge in [-0.2, -0.15) is 0 Å². The van der Waals surface area contributed by atoms with Crippen molar-refractivity contribution in [3.63, 3.8) is 0 Å². The van der Waals surface area contributed by atoms with E-state index in [1.807, 2.05) is 4.90 Å². The van der Waals surface area contributed by atoms with Gasteiger partial charge >= 0.3 is 0 Å². The SMILES string of the molecule is CCCC[C@H](N)C(=O)N1CCC(CN2CCOCC2)CC1. The van der Waals surface area contributed by atoms with E-state index in [2.05, 4.69) is 11.8 Å². The van der Waals surface area contributed by atoms with Gasteiger partial charge in [0, 0.05) is 32.7 Å². The van der Waals surface area contributed by atoms with E-state index in [0.29, 0.717) is 0 Å². The fraction of sp³-hybridized carbons (Fsp3) is 0.938. The molecule has 0 aliphatic carbocycles. The van der Waals surface area contributed by atoms with Gasteiger partial charge < -0.3 is 15.4 Å². The summed E-state index contributed by atoms with van der Waals surface area (Å²) in [5.41, 5.74) is 6.00. The topological polar surface area (TPSA) is 58.8 Å². The monoisotopic (exact) mass is 297 g/mol. The van der Waals surface area contributed by atoms with Crippen molar-refractivity contribution in [3.05, 3.63) is 0 Å². The fourth-order valence-electron chi connectivity index (χ4n) is 3.27. The quantitative estimate of drug-likeness (QED) is 0.797. The van der Waals surface area contributed by atoms with Crippen molar-refractivity contribution in [2.75, 3.05) is 45.9 Å². The van der Waals surface area contributed by atoms with Gasteiger partial charge in [-0.15, -0.1) is 0 Å². The highest BCUT2D eigenvalue weighted by atomic mass is 16.5. The number of carbonyl (C=O) groups excluding carboxylic acids is 1. The summed E-state index contributed by atoms with van der Waals surface area (Å²) in [6.45, 7) is 8.90. The number of hydrogen-bond acceptors (Lipinski definition) is 4. The van der Waals surface area contributed by atoms with E-state index < -0.39 is 0 Å². The molecule has 2 aliphatic heterocycles. The summed E-state index contributed by atoms with van der Waals surface area (Å²) in [6.07, 6.45) is 5.19. The third kappa shape index (κ3) is 5.24. The van der Waals surface area contributed by atoms with Crippen molar-refractivity contribution in [2.24, 2.45) is 11.7 Å². The van der Waals surface area contributed by atoms with Crippen molar-refractivity contribution in [3.8, 4) is 0 Å². The highest BCUT2D eigenvalue weighted by molar-refractivity contribution is 5.81. The second kappa shape index (κ2) is 8.71. The number of ether oxygens (including phenoxy) is 1. The van der Waals surface area contributed by atoms with Gasteiger partial charge in [-0.3, -0.25) is 9.69 Å². The van der Waals surface area contributed by atoms with Crippen LogP contribution in [0.5, 0.6) is 0 Å². The van der Waals surface area contributed by atoms with Crippen LogP contribution in [0.1, 0.15) is 39.0 Å². The number of nitrogens with two attached hydrogens (primary N) is 1. The van der Waals surface area contributed by atoms with Crippen molar-refractivity contribution < 1.29 is 9.53 Å². The summed E-state index contributed by atoms with van der Waals surface area (Å²) < 4.78 is 5.39. The summed E-state index contributed by atoms with van der Waals surface area (Å²) >= 11 is 0. The third-order valence-corrected chi connectivity index (χ3v) is 4.73. The van der Waals surface area contributed by atoms with E-state index in [-0.39, 0.29) is 11.9 Å². The number of nitrogens with zero attached hydrogens (tertiary/aromatic N) is 2. The number of morpholine rings is 1. The van der Waals surface area contributed by atoms with Crippen LogP contribution in [0.2, 0.25) is 0 Å². The van der Waals surface area contributed by atoms with Gasteiger partial charge in [0.15, 0.2) is 0 Å². The maximum atomic E-state index is 12.3. The Morgan fingerprint density at radius 1 is 1.24 bits per heavy atom. The average Bonchev–Trinajstić information content (AvgIpc) is 2.53. The molecule has 0 bridgehead atoms. The normalized spacial score (nSPS) is 23.2. The molecule has 0 radical (unpaired) electrons. The van der Waals surface area contributed by atoms with Crippen molar-refractivity contribution >= 4 is 5.91 Å². The van der Waals surface area contributed by atoms with E-state index >= 15 is 0 Å². The lowest BCUT2D eigenvalue weighted by Crippen LogP contribution is -2.48. The first kappa shape index (κ1) is 16.7. The Bertz CT molecular complexity index is 311. The summed E-state index contributed by atoms with van der Waals surface area (Å²) in [7, 11) is 0.